The van der Waals surface area contributed by atoms with Crippen molar-refractivity contribution in [2.75, 3.05) is 23.8 Å². The molecule has 3 heterocycles. The zero-order valence-electron chi connectivity index (χ0n) is 36.5. The number of aryl methyl sites for hydroxylation is 1. The van der Waals surface area contributed by atoms with Crippen molar-refractivity contribution >= 4 is 29.4 Å². The Bertz CT molecular complexity index is 1960. The molecule has 0 aromatic heterocycles. The van der Waals surface area contributed by atoms with Gasteiger partial charge in [-0.15, -0.1) is 0 Å². The highest BCUT2D eigenvalue weighted by Gasteiger charge is 2.54. The van der Waals surface area contributed by atoms with Gasteiger partial charge in [0.2, 0.25) is 5.91 Å². The Morgan fingerprint density at radius 2 is 1.48 bits per heavy atom. The van der Waals surface area contributed by atoms with Crippen LogP contribution in [0.15, 0.2) is 78.9 Å². The fourth-order valence-electron chi connectivity index (χ4n) is 8.26. The monoisotopic (exact) mass is 898 g/mol. The van der Waals surface area contributed by atoms with E-state index in [1.165, 1.54) is 25.0 Å². The summed E-state index contributed by atoms with van der Waals surface area (Å²) in [6, 6.07) is 17.5. The molecular weight excluding hydrogens is 838 g/mol. The number of unbranched alkanes of at least 4 members (excludes halogenated alkanes) is 7. The third-order valence-corrected chi connectivity index (χ3v) is 11.6. The van der Waals surface area contributed by atoms with Gasteiger partial charge in [0.05, 0.1) is 37.0 Å². The summed E-state index contributed by atoms with van der Waals surface area (Å²) in [4.78, 5) is 40.6. The van der Waals surface area contributed by atoms with Crippen LogP contribution in [0.3, 0.4) is 0 Å². The van der Waals surface area contributed by atoms with E-state index in [0.29, 0.717) is 24.1 Å². The first-order valence-corrected chi connectivity index (χ1v) is 22.3. The summed E-state index contributed by atoms with van der Waals surface area (Å²) in [7, 11) is 0. The van der Waals surface area contributed by atoms with Gasteiger partial charge in [0.15, 0.2) is 18.7 Å². The van der Waals surface area contributed by atoms with Crippen LogP contribution < -0.4 is 21.3 Å². The number of aliphatic hydroxyl groups is 1. The lowest BCUT2D eigenvalue weighted by Crippen LogP contribution is -2.69. The highest BCUT2D eigenvalue weighted by atomic mass is 19.4. The van der Waals surface area contributed by atoms with E-state index in [1.54, 1.807) is 18.2 Å². The fraction of sp³-hybridized carbons (Fsp3) is 0.553. The number of rotatable bonds is 18. The molecule has 3 aliphatic rings. The van der Waals surface area contributed by atoms with E-state index >= 15 is 0 Å². The molecule has 0 saturated carbocycles. The zero-order valence-corrected chi connectivity index (χ0v) is 36.5. The quantitative estimate of drug-likeness (QED) is 0.0779. The van der Waals surface area contributed by atoms with Gasteiger partial charge in [-0.2, -0.15) is 13.2 Å². The summed E-state index contributed by atoms with van der Waals surface area (Å²) in [5.41, 5.74) is 0.975. The molecule has 10 atom stereocenters. The number of anilines is 2. The summed E-state index contributed by atoms with van der Waals surface area (Å²) in [6.07, 6.45) is -5.78. The maximum absolute atomic E-state index is 13.6. The number of carbonyl (C=O) groups is 3. The van der Waals surface area contributed by atoms with E-state index < -0.39 is 85.2 Å². The van der Waals surface area contributed by atoms with Gasteiger partial charge >= 0.3 is 18.3 Å². The Kier molecular flexibility index (Phi) is 17.8. The number of nitrogens with one attached hydrogen (secondary N) is 4. The summed E-state index contributed by atoms with van der Waals surface area (Å²) in [6.45, 7) is 5.71. The Morgan fingerprint density at radius 3 is 2.19 bits per heavy atom. The number of ether oxygens (including phenoxy) is 6. The van der Waals surface area contributed by atoms with Crippen LogP contribution in [0, 0.1) is 6.92 Å². The number of alkyl halides is 3. The van der Waals surface area contributed by atoms with E-state index in [-0.39, 0.29) is 31.2 Å². The minimum Gasteiger partial charge on any atom is -0.440 e. The van der Waals surface area contributed by atoms with Crippen LogP contribution in [0.25, 0.3) is 0 Å². The molecule has 3 aromatic rings. The van der Waals surface area contributed by atoms with Gasteiger partial charge in [-0.05, 0) is 55.7 Å². The lowest BCUT2D eigenvalue weighted by molar-refractivity contribution is -0.369. The molecule has 4 amide bonds. The van der Waals surface area contributed by atoms with Crippen LogP contribution >= 0.6 is 0 Å². The van der Waals surface area contributed by atoms with Crippen molar-refractivity contribution in [3.8, 4) is 0 Å². The molecule has 3 fully saturated rings. The number of hydrogen-bond acceptors (Lipinski definition) is 10. The molecule has 64 heavy (non-hydrogen) atoms. The van der Waals surface area contributed by atoms with E-state index in [2.05, 4.69) is 28.2 Å². The molecule has 14 nitrogen and oxygen atoms in total. The maximum atomic E-state index is 13.6. The molecule has 350 valence electrons. The highest BCUT2D eigenvalue weighted by molar-refractivity contribution is 5.89. The van der Waals surface area contributed by atoms with Crippen molar-refractivity contribution in [3.05, 3.63) is 95.6 Å². The van der Waals surface area contributed by atoms with Crippen molar-refractivity contribution in [1.82, 2.24) is 10.6 Å². The number of aliphatic hydroxyl groups excluding tert-OH is 1. The smallest absolute Gasteiger partial charge is 0.416 e. The topological polar surface area (TPSA) is 175 Å². The molecule has 3 saturated heterocycles. The first-order chi connectivity index (χ1) is 30.8. The first kappa shape index (κ1) is 48.7. The minimum absolute atomic E-state index is 0.0542. The van der Waals surface area contributed by atoms with Gasteiger partial charge in [-0.1, -0.05) is 107 Å². The predicted molar refractivity (Wildman–Crippen MR) is 231 cm³/mol. The predicted octanol–water partition coefficient (Wildman–Crippen LogP) is 8.53. The summed E-state index contributed by atoms with van der Waals surface area (Å²) >= 11 is 0. The number of urea groups is 1. The normalized spacial score (nSPS) is 26.9. The number of hydrogen-bond donors (Lipinski definition) is 5. The SMILES string of the molecule is CCCCCCCCCCC(=O)N[C@H]1C(CC)OCC(NC(=O)Nc2cccc(C(F)(F)F)c2)[C@H]1O[C@@H]1OC2COC(c3ccccc3)O[C@@H]2[C@H](OC(=O)Nc2cccc(C)c2)C1O. The standard InChI is InChI=1S/C47H61F3N4O10/c1-4-6-7-8-9-10-11-15-24-37(55)54-38-35(5-2)59-27-34(53-45(57)51-33-23-17-21-31(26-33)47(48,49)50)40(38)62-44-39(56)42(64-46(58)52-32-22-16-18-29(3)25-32)41-36(61-44)28-60-43(63-41)30-19-13-12-14-20-30/h12-14,16-23,25-26,34-36,38-44,56H,4-11,15,24,27-28H2,1-3H3,(H,52,58)(H,54,55)(H2,51,53,57)/t34?,35?,36?,38-,39?,40+,41-,42+,43?,44-/m0/s1. The largest absolute Gasteiger partial charge is 0.440 e. The molecule has 0 aliphatic carbocycles. The summed E-state index contributed by atoms with van der Waals surface area (Å²) < 4.78 is 78.0. The maximum Gasteiger partial charge on any atom is 0.416 e. The number of benzene rings is 3. The van der Waals surface area contributed by atoms with Crippen molar-refractivity contribution in [2.24, 2.45) is 0 Å². The Morgan fingerprint density at radius 1 is 0.781 bits per heavy atom. The molecule has 5 unspecified atom stereocenters. The molecule has 6 rings (SSSR count). The van der Waals surface area contributed by atoms with Gasteiger partial charge in [0, 0.05) is 23.4 Å². The van der Waals surface area contributed by atoms with Gasteiger partial charge in [0.1, 0.15) is 24.4 Å². The van der Waals surface area contributed by atoms with Gasteiger partial charge in [-0.25, -0.2) is 9.59 Å². The number of amides is 4. The molecule has 0 radical (unpaired) electrons. The molecular formula is C47H61F3N4O10. The number of halogens is 3. The van der Waals surface area contributed by atoms with Gasteiger partial charge < -0.3 is 49.5 Å². The van der Waals surface area contributed by atoms with Crippen molar-refractivity contribution in [2.45, 2.75) is 152 Å². The van der Waals surface area contributed by atoms with E-state index in [0.717, 1.165) is 49.8 Å². The highest BCUT2D eigenvalue weighted by Crippen LogP contribution is 2.37. The van der Waals surface area contributed by atoms with Gasteiger partial charge in [0.25, 0.3) is 0 Å². The molecule has 17 heteroatoms. The molecule has 0 bridgehead atoms. The lowest BCUT2D eigenvalue weighted by Gasteiger charge is -2.49. The summed E-state index contributed by atoms with van der Waals surface area (Å²) in [5.74, 6) is -0.277. The number of carbonyl (C=O) groups excluding carboxylic acids is 3. The lowest BCUT2D eigenvalue weighted by atomic mass is 9.92. The second-order valence-electron chi connectivity index (χ2n) is 16.6. The van der Waals surface area contributed by atoms with Crippen molar-refractivity contribution < 1.29 is 61.1 Å². The van der Waals surface area contributed by atoms with Crippen LogP contribution in [0.4, 0.5) is 34.1 Å². The van der Waals surface area contributed by atoms with Crippen LogP contribution in [-0.2, 0) is 39.4 Å². The molecule has 3 aromatic carbocycles. The molecule has 3 aliphatic heterocycles. The number of fused-ring (bicyclic) bond motifs is 1. The first-order valence-electron chi connectivity index (χ1n) is 22.3. The van der Waals surface area contributed by atoms with E-state index in [4.69, 9.17) is 28.4 Å². The van der Waals surface area contributed by atoms with Gasteiger partial charge in [-0.3, -0.25) is 10.1 Å². The Labute approximate surface area is 372 Å². The Hall–Kier alpha value is -4.78. The Balaban J connectivity index is 1.24. The van der Waals surface area contributed by atoms with E-state index in [9.17, 15) is 32.7 Å². The fourth-order valence-corrected chi connectivity index (χ4v) is 8.26. The van der Waals surface area contributed by atoms with Crippen LogP contribution in [0.5, 0.6) is 0 Å². The average molecular weight is 899 g/mol. The second-order valence-corrected chi connectivity index (χ2v) is 16.6. The zero-order chi connectivity index (χ0) is 45.6. The second kappa shape index (κ2) is 23.4. The van der Waals surface area contributed by atoms with Crippen molar-refractivity contribution in [3.63, 3.8) is 0 Å². The van der Waals surface area contributed by atoms with Crippen molar-refractivity contribution in [1.29, 1.82) is 0 Å². The van der Waals surface area contributed by atoms with Crippen LogP contribution in [-0.4, -0.2) is 91.3 Å². The third-order valence-electron chi connectivity index (χ3n) is 11.6. The summed E-state index contributed by atoms with van der Waals surface area (Å²) in [5, 5.41) is 23.1. The molecule has 0 spiro atoms. The average Bonchev–Trinajstić information content (AvgIpc) is 3.27. The third kappa shape index (κ3) is 13.6. The van der Waals surface area contributed by atoms with Crippen LogP contribution in [0.2, 0.25) is 0 Å². The van der Waals surface area contributed by atoms with E-state index in [1.807, 2.05) is 50.2 Å². The molecule has 5 N–H and O–H groups in total. The van der Waals surface area contributed by atoms with Crippen LogP contribution in [0.1, 0.15) is 101 Å². The minimum atomic E-state index is -4.64.